The first-order chi connectivity index (χ1) is 13.5. The van der Waals surface area contributed by atoms with E-state index in [1.54, 1.807) is 6.92 Å². The number of rotatable bonds is 2. The molecule has 6 nitrogen and oxygen atoms in total. The summed E-state index contributed by atoms with van der Waals surface area (Å²) in [5.41, 5.74) is 0.656. The number of fused-ring (bicyclic) bond motifs is 1. The lowest BCUT2D eigenvalue weighted by atomic mass is 9.81. The second-order valence-corrected chi connectivity index (χ2v) is 8.45. The van der Waals surface area contributed by atoms with Crippen LogP contribution in [0.25, 0.3) is 0 Å². The van der Waals surface area contributed by atoms with Gasteiger partial charge >= 0.3 is 0 Å². The number of carbonyl (C=O) groups is 2. The molecular weight excluding hydrogens is 356 g/mol. The summed E-state index contributed by atoms with van der Waals surface area (Å²) in [7, 11) is 1.88. The topological polar surface area (TPSA) is 59.1 Å². The third kappa shape index (κ3) is 3.75. The van der Waals surface area contributed by atoms with Gasteiger partial charge in [-0.05, 0) is 44.6 Å². The molecule has 152 valence electrons. The zero-order valence-corrected chi connectivity index (χ0v) is 16.9. The first kappa shape index (κ1) is 19.2. The number of amides is 2. The van der Waals surface area contributed by atoms with Crippen LogP contribution in [-0.2, 0) is 20.9 Å². The second kappa shape index (κ2) is 7.74. The van der Waals surface area contributed by atoms with Crippen molar-refractivity contribution in [2.45, 2.75) is 69.7 Å². The molecule has 1 spiro atoms. The van der Waals surface area contributed by atoms with Gasteiger partial charge in [-0.1, -0.05) is 18.2 Å². The summed E-state index contributed by atoms with van der Waals surface area (Å²) in [5.74, 6) is 1.06. The summed E-state index contributed by atoms with van der Waals surface area (Å²) in [5, 5.41) is 0. The summed E-state index contributed by atoms with van der Waals surface area (Å²) >= 11 is 0. The van der Waals surface area contributed by atoms with E-state index in [-0.39, 0.29) is 24.0 Å². The molecule has 1 aromatic rings. The largest absolute Gasteiger partial charge is 0.485 e. The maximum Gasteiger partial charge on any atom is 0.252 e. The molecule has 1 saturated carbocycles. The number of nitrogens with zero attached hydrogens (tertiary/aromatic N) is 2. The van der Waals surface area contributed by atoms with Gasteiger partial charge in [0.15, 0.2) is 0 Å². The van der Waals surface area contributed by atoms with Crippen LogP contribution in [0.2, 0.25) is 0 Å². The van der Waals surface area contributed by atoms with Gasteiger partial charge in [0.2, 0.25) is 5.91 Å². The summed E-state index contributed by atoms with van der Waals surface area (Å²) in [6, 6.07) is 8.27. The first-order valence-electron chi connectivity index (χ1n) is 10.4. The summed E-state index contributed by atoms with van der Waals surface area (Å²) in [6.45, 7) is 3.43. The van der Waals surface area contributed by atoms with Gasteiger partial charge in [0.25, 0.3) is 5.91 Å². The average Bonchev–Trinajstić information content (AvgIpc) is 3.18. The van der Waals surface area contributed by atoms with Crippen LogP contribution >= 0.6 is 0 Å². The lowest BCUT2D eigenvalue weighted by Crippen LogP contribution is -2.53. The van der Waals surface area contributed by atoms with Crippen LogP contribution in [0.15, 0.2) is 24.3 Å². The Morgan fingerprint density at radius 1 is 1.18 bits per heavy atom. The summed E-state index contributed by atoms with van der Waals surface area (Å²) in [4.78, 5) is 28.7. The third-order valence-electron chi connectivity index (χ3n) is 6.57. The molecular formula is C22H30N2O4. The Kier molecular flexibility index (Phi) is 5.32. The van der Waals surface area contributed by atoms with Crippen LogP contribution in [0.1, 0.15) is 51.0 Å². The Bertz CT molecular complexity index is 736. The highest BCUT2D eigenvalue weighted by atomic mass is 16.5. The fourth-order valence-electron chi connectivity index (χ4n) is 4.77. The highest BCUT2D eigenvalue weighted by Gasteiger charge is 2.44. The molecule has 6 heteroatoms. The van der Waals surface area contributed by atoms with E-state index in [0.29, 0.717) is 19.7 Å². The van der Waals surface area contributed by atoms with E-state index in [2.05, 4.69) is 0 Å². The minimum absolute atomic E-state index is 0.0835. The summed E-state index contributed by atoms with van der Waals surface area (Å²) < 4.78 is 12.3. The van der Waals surface area contributed by atoms with Gasteiger partial charge in [-0.3, -0.25) is 9.59 Å². The molecule has 4 rings (SSSR count). The lowest BCUT2D eigenvalue weighted by Gasteiger charge is -2.43. The van der Waals surface area contributed by atoms with Crippen molar-refractivity contribution in [1.82, 2.24) is 9.80 Å². The normalized spacial score (nSPS) is 29.7. The molecule has 2 fully saturated rings. The molecule has 1 aromatic carbocycles. The Morgan fingerprint density at radius 3 is 2.61 bits per heavy atom. The minimum atomic E-state index is -0.394. The number of hydrogen-bond acceptors (Lipinski definition) is 4. The van der Waals surface area contributed by atoms with Crippen molar-refractivity contribution in [3.63, 3.8) is 0 Å². The number of hydrogen-bond donors (Lipinski definition) is 0. The van der Waals surface area contributed by atoms with Crippen molar-refractivity contribution in [2.75, 3.05) is 20.2 Å². The van der Waals surface area contributed by atoms with Gasteiger partial charge in [0, 0.05) is 38.7 Å². The molecule has 1 atom stereocenters. The van der Waals surface area contributed by atoms with E-state index in [1.807, 2.05) is 41.1 Å². The molecule has 2 amide bonds. The Morgan fingerprint density at radius 2 is 1.93 bits per heavy atom. The van der Waals surface area contributed by atoms with Crippen LogP contribution in [0, 0.1) is 0 Å². The smallest absolute Gasteiger partial charge is 0.252 e. The highest BCUT2D eigenvalue weighted by Crippen LogP contribution is 2.39. The molecule has 28 heavy (non-hydrogen) atoms. The molecule has 3 aliphatic rings. The Labute approximate surface area is 166 Å². The molecule has 2 aliphatic heterocycles. The second-order valence-electron chi connectivity index (χ2n) is 8.45. The van der Waals surface area contributed by atoms with Crippen molar-refractivity contribution >= 4 is 11.8 Å². The van der Waals surface area contributed by atoms with Crippen molar-refractivity contribution in [2.24, 2.45) is 0 Å². The van der Waals surface area contributed by atoms with Crippen LogP contribution < -0.4 is 4.74 Å². The van der Waals surface area contributed by atoms with Gasteiger partial charge in [-0.2, -0.15) is 0 Å². The van der Waals surface area contributed by atoms with Gasteiger partial charge in [-0.25, -0.2) is 0 Å². The van der Waals surface area contributed by atoms with Crippen molar-refractivity contribution in [3.05, 3.63) is 29.8 Å². The third-order valence-corrected chi connectivity index (χ3v) is 6.57. The van der Waals surface area contributed by atoms with Crippen LogP contribution in [0.5, 0.6) is 5.75 Å². The molecule has 1 saturated heterocycles. The summed E-state index contributed by atoms with van der Waals surface area (Å²) in [6.07, 6.45) is 4.87. The number of carbonyl (C=O) groups excluding carboxylic acids is 2. The maximum absolute atomic E-state index is 13.1. The van der Waals surface area contributed by atoms with E-state index >= 15 is 0 Å². The average molecular weight is 386 g/mol. The van der Waals surface area contributed by atoms with Crippen LogP contribution in [0.3, 0.4) is 0 Å². The van der Waals surface area contributed by atoms with E-state index in [9.17, 15) is 9.59 Å². The fraction of sp³-hybridized carbons (Fsp3) is 0.636. The molecule has 0 bridgehead atoms. The molecule has 0 aromatic heterocycles. The highest BCUT2D eigenvalue weighted by molar-refractivity contribution is 5.81. The number of benzene rings is 1. The quantitative estimate of drug-likeness (QED) is 0.784. The monoisotopic (exact) mass is 386 g/mol. The maximum atomic E-state index is 13.1. The SMILES string of the molecule is CC(=O)N(C)C1CCC2(CC1)CN(C(=O)[C@H]1CCCO1)Cc1ccccc1O2. The van der Waals surface area contributed by atoms with E-state index in [0.717, 1.165) is 49.8 Å². The minimum Gasteiger partial charge on any atom is -0.485 e. The van der Waals surface area contributed by atoms with Crippen molar-refractivity contribution < 1.29 is 19.1 Å². The first-order valence-corrected chi connectivity index (χ1v) is 10.4. The van der Waals surface area contributed by atoms with E-state index in [1.165, 1.54) is 0 Å². The zero-order chi connectivity index (χ0) is 19.7. The van der Waals surface area contributed by atoms with Gasteiger partial charge < -0.3 is 19.3 Å². The van der Waals surface area contributed by atoms with Gasteiger partial charge in [0.1, 0.15) is 17.5 Å². The molecule has 0 radical (unpaired) electrons. The molecule has 2 heterocycles. The van der Waals surface area contributed by atoms with E-state index < -0.39 is 5.60 Å². The predicted molar refractivity (Wildman–Crippen MR) is 105 cm³/mol. The van der Waals surface area contributed by atoms with Gasteiger partial charge in [-0.15, -0.1) is 0 Å². The van der Waals surface area contributed by atoms with E-state index in [4.69, 9.17) is 9.47 Å². The van der Waals surface area contributed by atoms with Crippen molar-refractivity contribution in [1.29, 1.82) is 0 Å². The number of para-hydroxylation sites is 1. The molecule has 1 aliphatic carbocycles. The van der Waals surface area contributed by atoms with Crippen molar-refractivity contribution in [3.8, 4) is 5.75 Å². The standard InChI is InChI=1S/C22H30N2O4/c1-16(25)23(2)18-9-11-22(12-10-18)15-24(21(26)20-8-5-13-27-20)14-17-6-3-4-7-19(17)28-22/h3-4,6-7,18,20H,5,8-15H2,1-2H3/t18?,20-,22?/m1/s1. The lowest BCUT2D eigenvalue weighted by molar-refractivity contribution is -0.145. The van der Waals surface area contributed by atoms with Gasteiger partial charge in [0.05, 0.1) is 6.54 Å². The van der Waals surface area contributed by atoms with Crippen LogP contribution in [0.4, 0.5) is 0 Å². The fourth-order valence-corrected chi connectivity index (χ4v) is 4.77. The number of ether oxygens (including phenoxy) is 2. The Hall–Kier alpha value is -2.08. The molecule has 0 unspecified atom stereocenters. The predicted octanol–water partition coefficient (Wildman–Crippen LogP) is 2.75. The Balaban J connectivity index is 1.57. The molecule has 0 N–H and O–H groups in total. The van der Waals surface area contributed by atoms with Crippen LogP contribution in [-0.4, -0.2) is 59.6 Å². The zero-order valence-electron chi connectivity index (χ0n) is 16.9.